The lowest BCUT2D eigenvalue weighted by atomic mass is 10.5. The van der Waals surface area contributed by atoms with Crippen molar-refractivity contribution in [3.05, 3.63) is 0 Å². The Bertz CT molecular complexity index is 82.2. The average Bonchev–Trinajstić information content (AvgIpc) is 1.63. The molecule has 1 rings (SSSR count). The molecule has 0 amide bonds. The van der Waals surface area contributed by atoms with Crippen LogP contribution in [0.5, 0.6) is 0 Å². The van der Waals surface area contributed by atoms with Crippen LogP contribution in [0.2, 0.25) is 0 Å². The molecule has 0 bridgehead atoms. The van der Waals surface area contributed by atoms with Gasteiger partial charge in [0, 0.05) is 12.2 Å². The van der Waals surface area contributed by atoms with Gasteiger partial charge in [0.15, 0.2) is 0 Å². The van der Waals surface area contributed by atoms with E-state index in [1.807, 2.05) is 0 Å². The van der Waals surface area contributed by atoms with Gasteiger partial charge in [-0.05, 0) is 0 Å². The van der Waals surface area contributed by atoms with Crippen molar-refractivity contribution in [2.75, 3.05) is 5.75 Å². The standard InChI is InChI=1S/C3H8O3S/c4-3-1-2-7(3,5)6/h3-6H,1-2H2. The second kappa shape index (κ2) is 1.35. The van der Waals surface area contributed by atoms with Crippen LogP contribution < -0.4 is 0 Å². The van der Waals surface area contributed by atoms with Crippen LogP contribution >= 0.6 is 10.6 Å². The van der Waals surface area contributed by atoms with Crippen LogP contribution in [0.25, 0.3) is 0 Å². The summed E-state index contributed by atoms with van der Waals surface area (Å²) in [6.07, 6.45) is 0.544. The van der Waals surface area contributed by atoms with Gasteiger partial charge < -0.3 is 5.11 Å². The second-order valence-corrected chi connectivity index (χ2v) is 4.05. The fraction of sp³-hybridized carbons (Fsp3) is 1.00. The van der Waals surface area contributed by atoms with Crippen LogP contribution in [-0.2, 0) is 0 Å². The van der Waals surface area contributed by atoms with Crippen molar-refractivity contribution in [3.8, 4) is 0 Å². The number of rotatable bonds is 0. The van der Waals surface area contributed by atoms with E-state index in [9.17, 15) is 0 Å². The minimum atomic E-state index is -2.50. The first kappa shape index (κ1) is 5.37. The third kappa shape index (κ3) is 0.745. The van der Waals surface area contributed by atoms with E-state index < -0.39 is 16.0 Å². The van der Waals surface area contributed by atoms with Crippen LogP contribution in [-0.4, -0.2) is 25.4 Å². The molecule has 3 N–H and O–H groups in total. The number of aliphatic hydroxyl groups excluding tert-OH is 1. The van der Waals surface area contributed by atoms with Crippen LogP contribution in [0, 0.1) is 0 Å². The average molecular weight is 124 g/mol. The van der Waals surface area contributed by atoms with Crippen molar-refractivity contribution in [2.24, 2.45) is 0 Å². The van der Waals surface area contributed by atoms with Crippen molar-refractivity contribution >= 4 is 10.6 Å². The fourth-order valence-corrected chi connectivity index (χ4v) is 1.30. The monoisotopic (exact) mass is 124 g/mol. The highest BCUT2D eigenvalue weighted by molar-refractivity contribution is 8.25. The van der Waals surface area contributed by atoms with Gasteiger partial charge in [0.1, 0.15) is 5.44 Å². The predicted octanol–water partition coefficient (Wildman–Crippen LogP) is 0.459. The molecule has 44 valence electrons. The maximum absolute atomic E-state index is 8.57. The Morgan fingerprint density at radius 2 is 1.86 bits per heavy atom. The van der Waals surface area contributed by atoms with E-state index >= 15 is 0 Å². The van der Waals surface area contributed by atoms with Gasteiger partial charge in [-0.3, -0.25) is 9.11 Å². The summed E-state index contributed by atoms with van der Waals surface area (Å²) in [5.74, 6) is 0.383. The Morgan fingerprint density at radius 3 is 1.86 bits per heavy atom. The van der Waals surface area contributed by atoms with Gasteiger partial charge in [-0.25, -0.2) is 0 Å². The normalized spacial score (nSPS) is 41.9. The van der Waals surface area contributed by atoms with E-state index in [1.54, 1.807) is 0 Å². The fourth-order valence-electron chi connectivity index (χ4n) is 0.434. The van der Waals surface area contributed by atoms with Gasteiger partial charge in [-0.2, -0.15) is 10.6 Å². The van der Waals surface area contributed by atoms with Gasteiger partial charge in [-0.15, -0.1) is 0 Å². The Labute approximate surface area is 43.3 Å². The molecule has 0 spiro atoms. The largest absolute Gasteiger partial charge is 0.374 e. The first-order valence-corrected chi connectivity index (χ1v) is 3.84. The third-order valence-corrected chi connectivity index (χ3v) is 3.04. The third-order valence-electron chi connectivity index (χ3n) is 1.10. The summed E-state index contributed by atoms with van der Waals surface area (Å²) in [6.45, 7) is 0. The molecule has 1 fully saturated rings. The van der Waals surface area contributed by atoms with Crippen LogP contribution in [0.15, 0.2) is 0 Å². The van der Waals surface area contributed by atoms with Crippen LogP contribution in [0.4, 0.5) is 0 Å². The first-order chi connectivity index (χ1) is 3.13. The van der Waals surface area contributed by atoms with Crippen molar-refractivity contribution in [3.63, 3.8) is 0 Å². The summed E-state index contributed by atoms with van der Waals surface area (Å²) < 4.78 is 17.1. The molecule has 1 aliphatic rings. The van der Waals surface area contributed by atoms with Gasteiger partial charge in [0.2, 0.25) is 0 Å². The molecular weight excluding hydrogens is 116 g/mol. The van der Waals surface area contributed by atoms with Gasteiger partial charge in [0.05, 0.1) is 0 Å². The quantitative estimate of drug-likeness (QED) is 0.439. The maximum atomic E-state index is 8.57. The van der Waals surface area contributed by atoms with Gasteiger partial charge in [-0.1, -0.05) is 0 Å². The maximum Gasteiger partial charge on any atom is 0.144 e. The summed E-state index contributed by atoms with van der Waals surface area (Å²) in [5, 5.41) is 8.51. The molecule has 1 heterocycles. The zero-order valence-corrected chi connectivity index (χ0v) is 4.56. The molecule has 0 aromatic carbocycles. The molecule has 0 radical (unpaired) electrons. The van der Waals surface area contributed by atoms with E-state index in [-0.39, 0.29) is 0 Å². The zero-order valence-electron chi connectivity index (χ0n) is 3.74. The summed E-state index contributed by atoms with van der Waals surface area (Å²) in [5.41, 5.74) is -0.826. The Kier molecular flexibility index (Phi) is 1.04. The molecular formula is C3H8O3S. The lowest BCUT2D eigenvalue weighted by molar-refractivity contribution is 0.203. The topological polar surface area (TPSA) is 60.7 Å². The van der Waals surface area contributed by atoms with Crippen molar-refractivity contribution in [2.45, 2.75) is 11.9 Å². The Hall–Kier alpha value is 0.230. The molecule has 3 nitrogen and oxygen atoms in total. The predicted molar refractivity (Wildman–Crippen MR) is 28.3 cm³/mol. The van der Waals surface area contributed by atoms with Crippen molar-refractivity contribution in [1.82, 2.24) is 0 Å². The van der Waals surface area contributed by atoms with E-state index in [0.29, 0.717) is 12.2 Å². The van der Waals surface area contributed by atoms with Crippen molar-refractivity contribution < 1.29 is 14.2 Å². The SMILES string of the molecule is OC1CCS1(O)O. The molecule has 7 heavy (non-hydrogen) atoms. The highest BCUT2D eigenvalue weighted by atomic mass is 32.3. The van der Waals surface area contributed by atoms with E-state index in [4.69, 9.17) is 14.2 Å². The highest BCUT2D eigenvalue weighted by Crippen LogP contribution is 2.53. The summed E-state index contributed by atoms with van der Waals surface area (Å²) in [7, 11) is -2.50. The molecule has 0 saturated carbocycles. The molecule has 0 aromatic rings. The molecule has 0 aliphatic carbocycles. The smallest absolute Gasteiger partial charge is 0.144 e. The molecule has 1 aliphatic heterocycles. The van der Waals surface area contributed by atoms with E-state index in [1.165, 1.54) is 0 Å². The van der Waals surface area contributed by atoms with Gasteiger partial charge >= 0.3 is 0 Å². The summed E-state index contributed by atoms with van der Waals surface area (Å²) in [6, 6.07) is 0. The second-order valence-electron chi connectivity index (χ2n) is 1.66. The van der Waals surface area contributed by atoms with Crippen molar-refractivity contribution in [1.29, 1.82) is 0 Å². The summed E-state index contributed by atoms with van der Waals surface area (Å²) in [4.78, 5) is 0. The van der Waals surface area contributed by atoms with E-state index in [0.717, 1.165) is 0 Å². The Balaban J connectivity index is 2.43. The van der Waals surface area contributed by atoms with E-state index in [2.05, 4.69) is 0 Å². The molecule has 0 aromatic heterocycles. The number of hydrogen-bond acceptors (Lipinski definition) is 3. The van der Waals surface area contributed by atoms with Gasteiger partial charge in [0.25, 0.3) is 0 Å². The highest BCUT2D eigenvalue weighted by Gasteiger charge is 2.33. The molecule has 1 saturated heterocycles. The van der Waals surface area contributed by atoms with Crippen LogP contribution in [0.1, 0.15) is 6.42 Å². The van der Waals surface area contributed by atoms with Crippen LogP contribution in [0.3, 0.4) is 0 Å². The zero-order chi connectivity index (χ0) is 5.49. The number of aliphatic hydroxyl groups is 1. The Morgan fingerprint density at radius 1 is 1.43 bits per heavy atom. The lowest BCUT2D eigenvalue weighted by Gasteiger charge is -2.45. The molecule has 1 unspecified atom stereocenters. The molecule has 4 heteroatoms. The minimum Gasteiger partial charge on any atom is -0.374 e. The lowest BCUT2D eigenvalue weighted by Crippen LogP contribution is -2.31. The number of hydrogen-bond donors (Lipinski definition) is 3. The summed E-state index contributed by atoms with van der Waals surface area (Å²) >= 11 is 0. The first-order valence-electron chi connectivity index (χ1n) is 2.06. The minimum absolute atomic E-state index is 0.383. The molecule has 1 atom stereocenters.